The number of H-pyrrole nitrogens is 1. The van der Waals surface area contributed by atoms with Gasteiger partial charge in [0.2, 0.25) is 0 Å². The molecule has 0 aliphatic carbocycles. The molecule has 1 aromatic carbocycles. The molecule has 21 heavy (non-hydrogen) atoms. The lowest BCUT2D eigenvalue weighted by Crippen LogP contribution is -2.29. The molecule has 1 unspecified atom stereocenters. The second-order valence-electron chi connectivity index (χ2n) is 5.11. The lowest BCUT2D eigenvalue weighted by Gasteiger charge is -2.12. The molecule has 1 atom stereocenters. The topological polar surface area (TPSA) is 78.0 Å². The van der Waals surface area contributed by atoms with Gasteiger partial charge >= 0.3 is 0 Å². The van der Waals surface area contributed by atoms with Crippen molar-refractivity contribution in [3.63, 3.8) is 0 Å². The highest BCUT2D eigenvalue weighted by atomic mass is 19.1. The molecule has 5 nitrogen and oxygen atoms in total. The number of hydrogen-bond donors (Lipinski definition) is 3. The number of aliphatic hydroxyl groups excluding tert-OH is 1. The highest BCUT2D eigenvalue weighted by Crippen LogP contribution is 2.16. The number of amides is 1. The van der Waals surface area contributed by atoms with E-state index in [9.17, 15) is 14.3 Å². The lowest BCUT2D eigenvalue weighted by atomic mass is 10.1. The molecule has 0 saturated carbocycles. The Morgan fingerprint density at radius 2 is 2.14 bits per heavy atom. The summed E-state index contributed by atoms with van der Waals surface area (Å²) in [5.41, 5.74) is 1.26. The molecule has 6 heteroatoms. The van der Waals surface area contributed by atoms with E-state index in [4.69, 9.17) is 0 Å². The smallest absolute Gasteiger partial charge is 0.271 e. The largest absolute Gasteiger partial charge is 0.386 e. The zero-order valence-electron chi connectivity index (χ0n) is 11.9. The number of aliphatic hydroxyl groups is 1. The maximum Gasteiger partial charge on any atom is 0.271 e. The average molecular weight is 291 g/mol. The van der Waals surface area contributed by atoms with Gasteiger partial charge in [0.1, 0.15) is 11.5 Å². The number of carbonyl (C=O) groups excluding carboxylic acids is 1. The van der Waals surface area contributed by atoms with Crippen LogP contribution in [0.25, 0.3) is 0 Å². The van der Waals surface area contributed by atoms with Crippen molar-refractivity contribution >= 4 is 5.91 Å². The van der Waals surface area contributed by atoms with Crippen LogP contribution in [0.4, 0.5) is 4.39 Å². The monoisotopic (exact) mass is 291 g/mol. The Morgan fingerprint density at radius 1 is 1.43 bits per heavy atom. The Kier molecular flexibility index (Phi) is 4.70. The van der Waals surface area contributed by atoms with Crippen molar-refractivity contribution in [3.8, 4) is 0 Å². The van der Waals surface area contributed by atoms with Crippen LogP contribution in [-0.4, -0.2) is 27.8 Å². The van der Waals surface area contributed by atoms with E-state index in [1.54, 1.807) is 18.2 Å². The lowest BCUT2D eigenvalue weighted by molar-refractivity contribution is 0.0909. The van der Waals surface area contributed by atoms with Crippen molar-refractivity contribution in [1.82, 2.24) is 15.5 Å². The van der Waals surface area contributed by atoms with Gasteiger partial charge in [0.25, 0.3) is 5.91 Å². The highest BCUT2D eigenvalue weighted by Gasteiger charge is 2.16. The van der Waals surface area contributed by atoms with E-state index < -0.39 is 17.8 Å². The van der Waals surface area contributed by atoms with E-state index >= 15 is 0 Å². The minimum absolute atomic E-state index is 0.0797. The van der Waals surface area contributed by atoms with Crippen LogP contribution in [0, 0.1) is 5.82 Å². The molecule has 1 aromatic heterocycles. The van der Waals surface area contributed by atoms with Gasteiger partial charge in [-0.3, -0.25) is 9.89 Å². The number of nitrogens with one attached hydrogen (secondary N) is 2. The molecule has 2 rings (SSSR count). The highest BCUT2D eigenvalue weighted by molar-refractivity contribution is 5.92. The van der Waals surface area contributed by atoms with Crippen LogP contribution < -0.4 is 5.32 Å². The van der Waals surface area contributed by atoms with E-state index in [-0.39, 0.29) is 23.7 Å². The summed E-state index contributed by atoms with van der Waals surface area (Å²) in [6, 6.07) is 7.59. The van der Waals surface area contributed by atoms with Gasteiger partial charge in [-0.1, -0.05) is 32.0 Å². The molecule has 0 aliphatic rings. The molecular weight excluding hydrogens is 273 g/mol. The minimum Gasteiger partial charge on any atom is -0.386 e. The Bertz CT molecular complexity index is 625. The van der Waals surface area contributed by atoms with Gasteiger partial charge in [-0.2, -0.15) is 5.10 Å². The standard InChI is InChI=1S/C15H18FN3O2/c1-9(2)12-7-13(19-18-12)15(21)17-8-14(20)10-5-3-4-6-11(10)16/h3-7,9,14,20H,8H2,1-2H3,(H,17,21)(H,18,19). The second kappa shape index (κ2) is 6.49. The second-order valence-corrected chi connectivity index (χ2v) is 5.11. The number of halogens is 1. The van der Waals surface area contributed by atoms with E-state index in [1.807, 2.05) is 13.8 Å². The van der Waals surface area contributed by atoms with Crippen molar-refractivity contribution in [2.75, 3.05) is 6.54 Å². The molecule has 0 bridgehead atoms. The number of nitrogens with zero attached hydrogens (tertiary/aromatic N) is 1. The molecule has 0 radical (unpaired) electrons. The van der Waals surface area contributed by atoms with Gasteiger partial charge in [0.15, 0.2) is 0 Å². The number of aromatic amines is 1. The third-order valence-corrected chi connectivity index (χ3v) is 3.17. The van der Waals surface area contributed by atoms with Crippen LogP contribution in [0.5, 0.6) is 0 Å². The van der Waals surface area contributed by atoms with E-state index in [0.29, 0.717) is 0 Å². The fourth-order valence-corrected chi connectivity index (χ4v) is 1.88. The summed E-state index contributed by atoms with van der Waals surface area (Å²) >= 11 is 0. The van der Waals surface area contributed by atoms with E-state index in [2.05, 4.69) is 15.5 Å². The van der Waals surface area contributed by atoms with Gasteiger partial charge in [0, 0.05) is 17.8 Å². The van der Waals surface area contributed by atoms with Crippen LogP contribution >= 0.6 is 0 Å². The molecule has 0 aliphatic heterocycles. The summed E-state index contributed by atoms with van der Waals surface area (Å²) < 4.78 is 13.5. The molecule has 0 fully saturated rings. The fourth-order valence-electron chi connectivity index (χ4n) is 1.88. The summed E-state index contributed by atoms with van der Waals surface area (Å²) in [4.78, 5) is 11.9. The molecule has 1 amide bonds. The van der Waals surface area contributed by atoms with Crippen molar-refractivity contribution < 1.29 is 14.3 Å². The SMILES string of the molecule is CC(C)c1cc(C(=O)NCC(O)c2ccccc2F)n[nH]1. The zero-order valence-corrected chi connectivity index (χ0v) is 11.9. The number of aromatic nitrogens is 2. The number of hydrogen-bond acceptors (Lipinski definition) is 3. The van der Waals surface area contributed by atoms with Crippen molar-refractivity contribution in [2.45, 2.75) is 25.9 Å². The van der Waals surface area contributed by atoms with Crippen LogP contribution in [0.15, 0.2) is 30.3 Å². The Balaban J connectivity index is 1.96. The summed E-state index contributed by atoms with van der Waals surface area (Å²) in [5, 5.41) is 19.1. The average Bonchev–Trinajstić information content (AvgIpc) is 2.95. The predicted molar refractivity (Wildman–Crippen MR) is 76.4 cm³/mol. The molecular formula is C15H18FN3O2. The van der Waals surface area contributed by atoms with Crippen molar-refractivity contribution in [1.29, 1.82) is 0 Å². The molecule has 0 saturated heterocycles. The summed E-state index contributed by atoms with van der Waals surface area (Å²) in [5.74, 6) is -0.669. The molecule has 112 valence electrons. The zero-order chi connectivity index (χ0) is 15.4. The first-order valence-electron chi connectivity index (χ1n) is 6.75. The van der Waals surface area contributed by atoms with Crippen LogP contribution in [-0.2, 0) is 0 Å². The van der Waals surface area contributed by atoms with Crippen LogP contribution in [0.1, 0.15) is 47.6 Å². The first kappa shape index (κ1) is 15.2. The predicted octanol–water partition coefficient (Wildman–Crippen LogP) is 2.14. The first-order chi connectivity index (χ1) is 9.99. The number of carbonyl (C=O) groups is 1. The molecule has 2 aromatic rings. The fraction of sp³-hybridized carbons (Fsp3) is 0.333. The number of rotatable bonds is 5. The van der Waals surface area contributed by atoms with E-state index in [0.717, 1.165) is 5.69 Å². The minimum atomic E-state index is -1.10. The summed E-state index contributed by atoms with van der Waals surface area (Å²) in [7, 11) is 0. The van der Waals surface area contributed by atoms with Crippen molar-refractivity contribution in [2.24, 2.45) is 0 Å². The maximum absolute atomic E-state index is 13.5. The van der Waals surface area contributed by atoms with Gasteiger partial charge in [0.05, 0.1) is 6.10 Å². The van der Waals surface area contributed by atoms with Crippen LogP contribution in [0.2, 0.25) is 0 Å². The summed E-state index contributed by atoms with van der Waals surface area (Å²) in [6.07, 6.45) is -1.10. The third-order valence-electron chi connectivity index (χ3n) is 3.17. The maximum atomic E-state index is 13.5. The van der Waals surface area contributed by atoms with Crippen molar-refractivity contribution in [3.05, 3.63) is 53.1 Å². The molecule has 3 N–H and O–H groups in total. The quantitative estimate of drug-likeness (QED) is 0.789. The Hall–Kier alpha value is -2.21. The van der Waals surface area contributed by atoms with Gasteiger partial charge in [-0.25, -0.2) is 4.39 Å². The van der Waals surface area contributed by atoms with Gasteiger partial charge in [-0.15, -0.1) is 0 Å². The normalized spacial score (nSPS) is 12.4. The third kappa shape index (κ3) is 3.66. The van der Waals surface area contributed by atoms with Gasteiger partial charge in [-0.05, 0) is 18.1 Å². The van der Waals surface area contributed by atoms with Crippen LogP contribution in [0.3, 0.4) is 0 Å². The number of benzene rings is 1. The molecule has 0 spiro atoms. The molecule has 1 heterocycles. The first-order valence-corrected chi connectivity index (χ1v) is 6.75. The summed E-state index contributed by atoms with van der Waals surface area (Å²) in [6.45, 7) is 3.89. The Morgan fingerprint density at radius 3 is 2.76 bits per heavy atom. The Labute approximate surface area is 122 Å². The van der Waals surface area contributed by atoms with Gasteiger partial charge < -0.3 is 10.4 Å². The van der Waals surface area contributed by atoms with E-state index in [1.165, 1.54) is 12.1 Å².